The second-order valence-corrected chi connectivity index (χ2v) is 8.22. The standard InChI is InChI=1S/C8H19NSi/c1-6-9(3)8-10(4,5)7-2/h7H,2,6,8H2,1,3-5H3. The molecule has 60 valence electrons. The van der Waals surface area contributed by atoms with Crippen LogP contribution in [0.1, 0.15) is 6.92 Å². The second kappa shape index (κ2) is 3.94. The van der Waals surface area contributed by atoms with Crippen LogP contribution >= 0.6 is 0 Å². The molecule has 0 heterocycles. The molecule has 1 nitrogen and oxygen atoms in total. The zero-order valence-corrected chi connectivity index (χ0v) is 8.65. The molecule has 0 atom stereocenters. The van der Waals surface area contributed by atoms with Crippen LogP contribution in [0.4, 0.5) is 0 Å². The zero-order valence-electron chi connectivity index (χ0n) is 7.65. The van der Waals surface area contributed by atoms with Crippen LogP contribution in [0.5, 0.6) is 0 Å². The van der Waals surface area contributed by atoms with Crippen molar-refractivity contribution < 1.29 is 0 Å². The van der Waals surface area contributed by atoms with Gasteiger partial charge in [0.25, 0.3) is 0 Å². The van der Waals surface area contributed by atoms with Gasteiger partial charge in [0.1, 0.15) is 0 Å². The summed E-state index contributed by atoms with van der Waals surface area (Å²) in [6.07, 6.45) is 1.23. The molecule has 0 radical (unpaired) electrons. The molecule has 0 amide bonds. The van der Waals surface area contributed by atoms with Crippen LogP contribution in [-0.4, -0.2) is 32.7 Å². The molecule has 0 saturated heterocycles. The van der Waals surface area contributed by atoms with Crippen molar-refractivity contribution in [2.45, 2.75) is 20.0 Å². The van der Waals surface area contributed by atoms with Gasteiger partial charge in [-0.3, -0.25) is 0 Å². The van der Waals surface area contributed by atoms with Gasteiger partial charge in [-0.05, 0) is 19.8 Å². The van der Waals surface area contributed by atoms with Crippen molar-refractivity contribution in [3.05, 3.63) is 12.3 Å². The number of hydrogen-bond acceptors (Lipinski definition) is 1. The SMILES string of the molecule is C=C[Si](C)(C)CN(C)CC. The highest BCUT2D eigenvalue weighted by molar-refractivity contribution is 6.82. The molecule has 0 spiro atoms. The molecule has 0 aromatic rings. The summed E-state index contributed by atoms with van der Waals surface area (Å²) in [5.41, 5.74) is 2.15. The zero-order chi connectivity index (χ0) is 8.20. The van der Waals surface area contributed by atoms with Gasteiger partial charge in [-0.15, -0.1) is 12.3 Å². The van der Waals surface area contributed by atoms with Crippen molar-refractivity contribution in [3.8, 4) is 0 Å². The van der Waals surface area contributed by atoms with E-state index in [1.54, 1.807) is 0 Å². The monoisotopic (exact) mass is 157 g/mol. The lowest BCUT2D eigenvalue weighted by molar-refractivity contribution is 0.405. The molecule has 10 heavy (non-hydrogen) atoms. The lowest BCUT2D eigenvalue weighted by Gasteiger charge is -2.24. The Labute approximate surface area is 65.7 Å². The first-order chi connectivity index (χ1) is 4.52. The Morgan fingerprint density at radius 2 is 2.00 bits per heavy atom. The molecule has 0 aliphatic heterocycles. The maximum atomic E-state index is 3.85. The topological polar surface area (TPSA) is 3.24 Å². The van der Waals surface area contributed by atoms with Gasteiger partial charge >= 0.3 is 0 Å². The number of rotatable bonds is 4. The minimum atomic E-state index is -1.07. The van der Waals surface area contributed by atoms with E-state index in [1.807, 2.05) is 0 Å². The van der Waals surface area contributed by atoms with Crippen molar-refractivity contribution in [2.24, 2.45) is 0 Å². The molecule has 0 N–H and O–H groups in total. The quantitative estimate of drug-likeness (QED) is 0.564. The van der Waals surface area contributed by atoms with Gasteiger partial charge in [0.15, 0.2) is 0 Å². The van der Waals surface area contributed by atoms with E-state index in [4.69, 9.17) is 0 Å². The molecule has 0 unspecified atom stereocenters. The second-order valence-electron chi connectivity index (χ2n) is 3.52. The summed E-state index contributed by atoms with van der Waals surface area (Å²) in [5.74, 6) is 0. The molecule has 0 aliphatic carbocycles. The fourth-order valence-corrected chi connectivity index (χ4v) is 2.62. The van der Waals surface area contributed by atoms with Crippen LogP contribution in [0.25, 0.3) is 0 Å². The summed E-state index contributed by atoms with van der Waals surface area (Å²) in [7, 11) is 1.09. The van der Waals surface area contributed by atoms with Gasteiger partial charge in [0, 0.05) is 0 Å². The molecule has 0 saturated carbocycles. The average Bonchev–Trinajstić information content (AvgIpc) is 1.87. The van der Waals surface area contributed by atoms with Crippen molar-refractivity contribution in [1.29, 1.82) is 0 Å². The van der Waals surface area contributed by atoms with Crippen LogP contribution in [0.3, 0.4) is 0 Å². The van der Waals surface area contributed by atoms with E-state index in [0.717, 1.165) is 6.54 Å². The molecule has 0 bridgehead atoms. The highest BCUT2D eigenvalue weighted by Crippen LogP contribution is 2.03. The number of nitrogens with zero attached hydrogens (tertiary/aromatic N) is 1. The lowest BCUT2D eigenvalue weighted by Crippen LogP contribution is -2.39. The van der Waals surface area contributed by atoms with E-state index in [9.17, 15) is 0 Å². The normalized spacial score (nSPS) is 12.1. The molecule has 0 rings (SSSR count). The fourth-order valence-electron chi connectivity index (χ4n) is 0.872. The lowest BCUT2D eigenvalue weighted by atomic mass is 10.7. The van der Waals surface area contributed by atoms with E-state index in [2.05, 4.69) is 44.2 Å². The first-order valence-electron chi connectivity index (χ1n) is 3.84. The summed E-state index contributed by atoms with van der Waals surface area (Å²) >= 11 is 0. The Bertz CT molecular complexity index is 110. The van der Waals surface area contributed by atoms with Crippen LogP contribution in [0.15, 0.2) is 12.3 Å². The Hall–Kier alpha value is -0.0831. The Balaban J connectivity index is 3.75. The molecule has 0 fully saturated rings. The van der Waals surface area contributed by atoms with Crippen molar-refractivity contribution in [2.75, 3.05) is 19.8 Å². The van der Waals surface area contributed by atoms with Crippen molar-refractivity contribution in [3.63, 3.8) is 0 Å². The van der Waals surface area contributed by atoms with Crippen molar-refractivity contribution >= 4 is 8.07 Å². The smallest absolute Gasteiger partial charge is 0.0854 e. The summed E-state index contributed by atoms with van der Waals surface area (Å²) < 4.78 is 0. The number of hydrogen-bond donors (Lipinski definition) is 0. The Morgan fingerprint density at radius 1 is 1.50 bits per heavy atom. The van der Waals surface area contributed by atoms with Crippen LogP contribution < -0.4 is 0 Å². The van der Waals surface area contributed by atoms with E-state index in [0.29, 0.717) is 0 Å². The summed E-state index contributed by atoms with van der Waals surface area (Å²) in [4.78, 5) is 2.36. The molecular weight excluding hydrogens is 138 g/mol. The van der Waals surface area contributed by atoms with Crippen LogP contribution in [0.2, 0.25) is 13.1 Å². The van der Waals surface area contributed by atoms with Gasteiger partial charge in [0.05, 0.1) is 8.07 Å². The molecule has 0 aromatic heterocycles. The largest absolute Gasteiger partial charge is 0.309 e. The Morgan fingerprint density at radius 3 is 2.30 bits per heavy atom. The maximum absolute atomic E-state index is 3.85. The van der Waals surface area contributed by atoms with E-state index < -0.39 is 8.07 Å². The van der Waals surface area contributed by atoms with Gasteiger partial charge < -0.3 is 4.90 Å². The van der Waals surface area contributed by atoms with Crippen molar-refractivity contribution in [1.82, 2.24) is 4.90 Å². The highest BCUT2D eigenvalue weighted by Gasteiger charge is 2.16. The predicted octanol–water partition coefficient (Wildman–Crippen LogP) is 1.91. The van der Waals surface area contributed by atoms with E-state index >= 15 is 0 Å². The minimum Gasteiger partial charge on any atom is -0.309 e. The van der Waals surface area contributed by atoms with E-state index in [1.165, 1.54) is 6.17 Å². The fraction of sp³-hybridized carbons (Fsp3) is 0.750. The molecule has 2 heteroatoms. The van der Waals surface area contributed by atoms with Gasteiger partial charge in [-0.25, -0.2) is 0 Å². The molecule has 0 aliphatic rings. The van der Waals surface area contributed by atoms with Gasteiger partial charge in [0.2, 0.25) is 0 Å². The summed E-state index contributed by atoms with van der Waals surface area (Å²) in [6, 6.07) is 0. The third-order valence-corrected chi connectivity index (χ3v) is 4.23. The van der Waals surface area contributed by atoms with Gasteiger partial charge in [-0.2, -0.15) is 0 Å². The molecule has 0 aromatic carbocycles. The third-order valence-electron chi connectivity index (χ3n) is 1.77. The Kier molecular flexibility index (Phi) is 3.90. The molecular formula is C8H19NSi. The summed E-state index contributed by atoms with van der Waals surface area (Å²) in [5, 5.41) is 0. The average molecular weight is 157 g/mol. The summed E-state index contributed by atoms with van der Waals surface area (Å²) in [6.45, 7) is 11.9. The maximum Gasteiger partial charge on any atom is 0.0854 e. The first kappa shape index (κ1) is 9.92. The third kappa shape index (κ3) is 3.85. The highest BCUT2D eigenvalue weighted by atomic mass is 28.3. The minimum absolute atomic E-state index is 1.07. The van der Waals surface area contributed by atoms with Crippen LogP contribution in [-0.2, 0) is 0 Å². The van der Waals surface area contributed by atoms with Gasteiger partial charge in [-0.1, -0.05) is 20.0 Å². The van der Waals surface area contributed by atoms with E-state index in [-0.39, 0.29) is 0 Å². The van der Waals surface area contributed by atoms with Crippen LogP contribution in [0, 0.1) is 0 Å². The predicted molar refractivity (Wildman–Crippen MR) is 50.9 cm³/mol. The first-order valence-corrected chi connectivity index (χ1v) is 7.12.